The summed E-state index contributed by atoms with van der Waals surface area (Å²) in [6.07, 6.45) is 2.23. The summed E-state index contributed by atoms with van der Waals surface area (Å²) in [5.74, 6) is 0.439. The number of thiazole rings is 1. The fraction of sp³-hybridized carbons (Fsp3) is 0.238. The van der Waals surface area contributed by atoms with Gasteiger partial charge in [0, 0.05) is 24.7 Å². The maximum atomic E-state index is 12.6. The maximum absolute atomic E-state index is 12.6. The molecule has 0 radical (unpaired) electrons. The van der Waals surface area contributed by atoms with E-state index in [0.717, 1.165) is 10.7 Å². The van der Waals surface area contributed by atoms with E-state index in [-0.39, 0.29) is 18.8 Å². The SMILES string of the molecule is O=c1[nH]c(COCc2ccccc2)nc2c(-c3csc(NCCCO)n3)nccc12. The molecule has 0 aliphatic heterocycles. The second-order valence-electron chi connectivity index (χ2n) is 6.59. The molecule has 30 heavy (non-hydrogen) atoms. The number of H-pyrrole nitrogens is 1. The number of aromatic nitrogens is 4. The van der Waals surface area contributed by atoms with E-state index in [1.54, 1.807) is 12.3 Å². The number of hydrogen-bond acceptors (Lipinski definition) is 8. The van der Waals surface area contributed by atoms with E-state index in [1.807, 2.05) is 35.7 Å². The average molecular weight is 423 g/mol. The molecule has 0 aliphatic carbocycles. The number of nitrogens with zero attached hydrogens (tertiary/aromatic N) is 3. The van der Waals surface area contributed by atoms with Crippen LogP contribution in [0.25, 0.3) is 22.3 Å². The summed E-state index contributed by atoms with van der Waals surface area (Å²) in [6, 6.07) is 11.5. The van der Waals surface area contributed by atoms with Crippen LogP contribution in [-0.2, 0) is 18.0 Å². The molecule has 3 N–H and O–H groups in total. The molecular weight excluding hydrogens is 402 g/mol. The van der Waals surface area contributed by atoms with Crippen LogP contribution in [0, 0.1) is 0 Å². The number of aromatic amines is 1. The lowest BCUT2D eigenvalue weighted by Gasteiger charge is -2.07. The normalized spacial score (nSPS) is 11.1. The Morgan fingerprint density at radius 1 is 1.13 bits per heavy atom. The predicted molar refractivity (Wildman–Crippen MR) is 116 cm³/mol. The zero-order valence-corrected chi connectivity index (χ0v) is 17.0. The topological polar surface area (TPSA) is 113 Å². The Labute approximate surface area is 176 Å². The molecule has 0 saturated heterocycles. The number of pyridine rings is 1. The van der Waals surface area contributed by atoms with E-state index in [1.165, 1.54) is 11.3 Å². The molecule has 0 saturated carbocycles. The number of fused-ring (bicyclic) bond motifs is 1. The van der Waals surface area contributed by atoms with Gasteiger partial charge in [0.25, 0.3) is 5.56 Å². The summed E-state index contributed by atoms with van der Waals surface area (Å²) in [5, 5.41) is 15.1. The minimum atomic E-state index is -0.238. The van der Waals surface area contributed by atoms with E-state index >= 15 is 0 Å². The zero-order valence-electron chi connectivity index (χ0n) is 16.2. The summed E-state index contributed by atoms with van der Waals surface area (Å²) in [4.78, 5) is 28.9. The quantitative estimate of drug-likeness (QED) is 0.355. The van der Waals surface area contributed by atoms with Gasteiger partial charge in [-0.3, -0.25) is 9.78 Å². The lowest BCUT2D eigenvalue weighted by atomic mass is 10.2. The Bertz CT molecular complexity index is 1180. The molecule has 3 heterocycles. The highest BCUT2D eigenvalue weighted by Crippen LogP contribution is 2.27. The van der Waals surface area contributed by atoms with Crippen LogP contribution in [0.5, 0.6) is 0 Å². The van der Waals surface area contributed by atoms with Crippen LogP contribution >= 0.6 is 11.3 Å². The highest BCUT2D eigenvalue weighted by molar-refractivity contribution is 7.14. The largest absolute Gasteiger partial charge is 0.396 e. The first-order valence-corrected chi connectivity index (χ1v) is 10.4. The van der Waals surface area contributed by atoms with Crippen LogP contribution in [0.4, 0.5) is 5.13 Å². The summed E-state index contributed by atoms with van der Waals surface area (Å²) >= 11 is 1.44. The fourth-order valence-electron chi connectivity index (χ4n) is 2.95. The van der Waals surface area contributed by atoms with Crippen molar-refractivity contribution >= 4 is 27.4 Å². The minimum absolute atomic E-state index is 0.123. The summed E-state index contributed by atoms with van der Waals surface area (Å²) in [7, 11) is 0. The summed E-state index contributed by atoms with van der Waals surface area (Å²) in [5.41, 5.74) is 2.50. The molecule has 0 aliphatic rings. The standard InChI is InChI=1S/C21H21N5O3S/c27-10-4-8-23-21-24-16(13-30-21)19-18-15(7-9-22-19)20(28)26-17(25-18)12-29-11-14-5-2-1-3-6-14/h1-3,5-7,9,13,27H,4,8,10-12H2,(H,23,24)(H,25,26,28). The Balaban J connectivity index is 1.57. The number of aliphatic hydroxyl groups is 1. The monoisotopic (exact) mass is 423 g/mol. The van der Waals surface area contributed by atoms with Gasteiger partial charge in [0.2, 0.25) is 0 Å². The van der Waals surface area contributed by atoms with Crippen molar-refractivity contribution in [3.05, 3.63) is 69.7 Å². The number of hydrogen-bond donors (Lipinski definition) is 3. The van der Waals surface area contributed by atoms with Crippen LogP contribution in [0.2, 0.25) is 0 Å². The van der Waals surface area contributed by atoms with Crippen LogP contribution < -0.4 is 10.9 Å². The third-order valence-corrected chi connectivity index (χ3v) is 5.18. The van der Waals surface area contributed by atoms with Crippen LogP contribution in [0.1, 0.15) is 17.8 Å². The molecule has 1 aromatic carbocycles. The first kappa shape index (κ1) is 20.1. The predicted octanol–water partition coefficient (Wildman–Crippen LogP) is 2.95. The number of nitrogens with one attached hydrogen (secondary N) is 2. The highest BCUT2D eigenvalue weighted by atomic mass is 32.1. The van der Waals surface area contributed by atoms with Gasteiger partial charge in [0.1, 0.15) is 29.3 Å². The summed E-state index contributed by atoms with van der Waals surface area (Å²) in [6.45, 7) is 1.36. The van der Waals surface area contributed by atoms with Gasteiger partial charge in [-0.25, -0.2) is 9.97 Å². The molecule has 0 unspecified atom stereocenters. The van der Waals surface area contributed by atoms with E-state index in [0.29, 0.717) is 47.7 Å². The van der Waals surface area contributed by atoms with E-state index < -0.39 is 0 Å². The van der Waals surface area contributed by atoms with Gasteiger partial charge in [-0.05, 0) is 18.1 Å². The number of aliphatic hydroxyl groups excluding tert-OH is 1. The van der Waals surface area contributed by atoms with Crippen molar-refractivity contribution in [3.8, 4) is 11.4 Å². The number of rotatable bonds is 9. The third kappa shape index (κ3) is 4.70. The molecule has 0 spiro atoms. The summed E-state index contributed by atoms with van der Waals surface area (Å²) < 4.78 is 5.72. The van der Waals surface area contributed by atoms with Gasteiger partial charge in [0.15, 0.2) is 5.13 Å². The molecule has 0 amide bonds. The van der Waals surface area contributed by atoms with Gasteiger partial charge in [-0.1, -0.05) is 30.3 Å². The Morgan fingerprint density at radius 2 is 2.00 bits per heavy atom. The Hall–Kier alpha value is -3.14. The van der Waals surface area contributed by atoms with Crippen LogP contribution in [-0.4, -0.2) is 38.2 Å². The molecule has 0 bridgehead atoms. The first-order chi connectivity index (χ1) is 14.7. The van der Waals surface area contributed by atoms with Crippen molar-refractivity contribution in [3.63, 3.8) is 0 Å². The van der Waals surface area contributed by atoms with Crippen molar-refractivity contribution in [1.82, 2.24) is 19.9 Å². The van der Waals surface area contributed by atoms with Crippen LogP contribution in [0.3, 0.4) is 0 Å². The average Bonchev–Trinajstić information content (AvgIpc) is 3.23. The van der Waals surface area contributed by atoms with Gasteiger partial charge in [-0.15, -0.1) is 11.3 Å². The van der Waals surface area contributed by atoms with E-state index in [4.69, 9.17) is 9.84 Å². The fourth-order valence-corrected chi connectivity index (χ4v) is 3.67. The molecule has 9 heteroatoms. The van der Waals surface area contributed by atoms with Gasteiger partial charge >= 0.3 is 0 Å². The Kier molecular flexibility index (Phi) is 6.43. The van der Waals surface area contributed by atoms with Crippen molar-refractivity contribution in [1.29, 1.82) is 0 Å². The zero-order chi connectivity index (χ0) is 20.8. The number of anilines is 1. The van der Waals surface area contributed by atoms with E-state index in [2.05, 4.69) is 25.3 Å². The van der Waals surface area contributed by atoms with Crippen molar-refractivity contribution in [2.75, 3.05) is 18.5 Å². The van der Waals surface area contributed by atoms with Crippen molar-refractivity contribution < 1.29 is 9.84 Å². The highest BCUT2D eigenvalue weighted by Gasteiger charge is 2.14. The Morgan fingerprint density at radius 3 is 2.83 bits per heavy atom. The maximum Gasteiger partial charge on any atom is 0.258 e. The van der Waals surface area contributed by atoms with Crippen molar-refractivity contribution in [2.24, 2.45) is 0 Å². The molecule has 4 rings (SSSR count). The second-order valence-corrected chi connectivity index (χ2v) is 7.45. The second kappa shape index (κ2) is 9.57. The molecule has 0 atom stereocenters. The number of benzene rings is 1. The lowest BCUT2D eigenvalue weighted by molar-refractivity contribution is 0.102. The smallest absolute Gasteiger partial charge is 0.258 e. The molecule has 0 fully saturated rings. The molecule has 154 valence electrons. The molecule has 3 aromatic heterocycles. The molecule has 4 aromatic rings. The minimum Gasteiger partial charge on any atom is -0.396 e. The van der Waals surface area contributed by atoms with Gasteiger partial charge in [-0.2, -0.15) is 0 Å². The van der Waals surface area contributed by atoms with Crippen molar-refractivity contribution in [2.45, 2.75) is 19.6 Å². The van der Waals surface area contributed by atoms with Gasteiger partial charge in [0.05, 0.1) is 12.0 Å². The number of ether oxygens (including phenoxy) is 1. The van der Waals surface area contributed by atoms with Gasteiger partial charge < -0.3 is 20.1 Å². The first-order valence-electron chi connectivity index (χ1n) is 9.55. The van der Waals surface area contributed by atoms with Crippen LogP contribution in [0.15, 0.2) is 52.8 Å². The van der Waals surface area contributed by atoms with E-state index in [9.17, 15) is 4.79 Å². The third-order valence-electron chi connectivity index (χ3n) is 4.38. The molecular formula is C21H21N5O3S. The lowest BCUT2D eigenvalue weighted by Crippen LogP contribution is -2.13. The molecule has 8 nitrogen and oxygen atoms in total.